The van der Waals surface area contributed by atoms with Crippen LogP contribution in [0.15, 0.2) is 30.3 Å². The highest BCUT2D eigenvalue weighted by molar-refractivity contribution is 6.06. The molecule has 0 spiro atoms. The van der Waals surface area contributed by atoms with Crippen molar-refractivity contribution in [3.05, 3.63) is 47.4 Å². The SMILES string of the molecule is Cc1cc(C(=O)N2CCOC(c3nnn(C)n3)C2)c2ccccc2n1. The van der Waals surface area contributed by atoms with E-state index in [1.807, 2.05) is 37.3 Å². The van der Waals surface area contributed by atoms with E-state index in [1.165, 1.54) is 4.80 Å². The van der Waals surface area contributed by atoms with E-state index in [0.29, 0.717) is 31.1 Å². The Balaban J connectivity index is 1.64. The van der Waals surface area contributed by atoms with Gasteiger partial charge in [0.05, 0.1) is 31.3 Å². The van der Waals surface area contributed by atoms with Crippen LogP contribution in [0.4, 0.5) is 0 Å². The Morgan fingerprint density at radius 1 is 1.32 bits per heavy atom. The molecule has 0 radical (unpaired) electrons. The normalized spacial score (nSPS) is 17.8. The molecule has 1 saturated heterocycles. The average molecular weight is 338 g/mol. The van der Waals surface area contributed by atoms with Crippen molar-refractivity contribution in [2.24, 2.45) is 7.05 Å². The van der Waals surface area contributed by atoms with Crippen LogP contribution in [0.3, 0.4) is 0 Å². The second-order valence-corrected chi connectivity index (χ2v) is 6.08. The first-order valence-corrected chi connectivity index (χ1v) is 8.13. The second kappa shape index (κ2) is 6.21. The van der Waals surface area contributed by atoms with Gasteiger partial charge in [-0.05, 0) is 24.3 Å². The fraction of sp³-hybridized carbons (Fsp3) is 0.353. The van der Waals surface area contributed by atoms with E-state index in [9.17, 15) is 4.79 Å². The minimum Gasteiger partial charge on any atom is -0.366 e. The third-order valence-electron chi connectivity index (χ3n) is 4.24. The lowest BCUT2D eigenvalue weighted by molar-refractivity contribution is -0.0268. The molecular formula is C17H18N6O2. The lowest BCUT2D eigenvalue weighted by atomic mass is 10.1. The molecule has 0 aliphatic carbocycles. The number of morpholine rings is 1. The molecule has 1 fully saturated rings. The van der Waals surface area contributed by atoms with E-state index in [-0.39, 0.29) is 12.0 Å². The zero-order valence-corrected chi connectivity index (χ0v) is 14.1. The van der Waals surface area contributed by atoms with E-state index in [0.717, 1.165) is 16.6 Å². The minimum atomic E-state index is -0.361. The van der Waals surface area contributed by atoms with Gasteiger partial charge in [0, 0.05) is 17.6 Å². The molecule has 128 valence electrons. The molecule has 1 aliphatic heterocycles. The standard InChI is InChI=1S/C17H18N6O2/c1-11-9-13(12-5-3-4-6-14(12)18-11)17(24)23-7-8-25-15(10-23)16-19-21-22(2)20-16/h3-6,9,15H,7-8,10H2,1-2H3. The van der Waals surface area contributed by atoms with Crippen molar-refractivity contribution in [3.8, 4) is 0 Å². The van der Waals surface area contributed by atoms with Gasteiger partial charge in [0.1, 0.15) is 6.10 Å². The highest BCUT2D eigenvalue weighted by Gasteiger charge is 2.29. The van der Waals surface area contributed by atoms with E-state index in [2.05, 4.69) is 20.4 Å². The molecule has 8 nitrogen and oxygen atoms in total. The number of nitrogens with zero attached hydrogens (tertiary/aromatic N) is 6. The monoisotopic (exact) mass is 338 g/mol. The summed E-state index contributed by atoms with van der Waals surface area (Å²) in [7, 11) is 1.70. The molecular weight excluding hydrogens is 320 g/mol. The summed E-state index contributed by atoms with van der Waals surface area (Å²) in [6, 6.07) is 9.53. The maximum atomic E-state index is 13.1. The zero-order chi connectivity index (χ0) is 17.4. The van der Waals surface area contributed by atoms with Crippen LogP contribution < -0.4 is 0 Å². The first-order valence-electron chi connectivity index (χ1n) is 8.13. The Kier molecular flexibility index (Phi) is 3.89. The summed E-state index contributed by atoms with van der Waals surface area (Å²) >= 11 is 0. The van der Waals surface area contributed by atoms with Gasteiger partial charge in [-0.25, -0.2) is 0 Å². The molecule has 8 heteroatoms. The van der Waals surface area contributed by atoms with Crippen molar-refractivity contribution in [3.63, 3.8) is 0 Å². The van der Waals surface area contributed by atoms with Gasteiger partial charge in [0.2, 0.25) is 5.82 Å². The third kappa shape index (κ3) is 2.96. The Morgan fingerprint density at radius 3 is 2.96 bits per heavy atom. The van der Waals surface area contributed by atoms with E-state index in [1.54, 1.807) is 11.9 Å². The van der Waals surface area contributed by atoms with Crippen LogP contribution in [0, 0.1) is 6.92 Å². The van der Waals surface area contributed by atoms with Crippen molar-refractivity contribution in [1.82, 2.24) is 30.1 Å². The number of ether oxygens (including phenoxy) is 1. The number of carbonyl (C=O) groups excluding carboxylic acids is 1. The van der Waals surface area contributed by atoms with Gasteiger partial charge in [-0.1, -0.05) is 18.2 Å². The molecule has 1 aromatic carbocycles. The van der Waals surface area contributed by atoms with Gasteiger partial charge >= 0.3 is 0 Å². The number of tetrazole rings is 1. The molecule has 0 N–H and O–H groups in total. The van der Waals surface area contributed by atoms with Crippen LogP contribution in [0.1, 0.15) is 28.0 Å². The maximum Gasteiger partial charge on any atom is 0.254 e. The van der Waals surface area contributed by atoms with Crippen molar-refractivity contribution >= 4 is 16.8 Å². The van der Waals surface area contributed by atoms with Crippen LogP contribution >= 0.6 is 0 Å². The van der Waals surface area contributed by atoms with Gasteiger partial charge in [-0.3, -0.25) is 9.78 Å². The zero-order valence-electron chi connectivity index (χ0n) is 14.1. The molecule has 25 heavy (non-hydrogen) atoms. The molecule has 1 atom stereocenters. The molecule has 1 amide bonds. The summed E-state index contributed by atoms with van der Waals surface area (Å²) in [6.07, 6.45) is -0.361. The van der Waals surface area contributed by atoms with Crippen LogP contribution in [0.2, 0.25) is 0 Å². The highest BCUT2D eigenvalue weighted by Crippen LogP contribution is 2.24. The number of aromatic nitrogens is 5. The largest absolute Gasteiger partial charge is 0.366 e. The molecule has 2 aromatic heterocycles. The Labute approximate surface area is 144 Å². The van der Waals surface area contributed by atoms with Crippen LogP contribution in [0.25, 0.3) is 10.9 Å². The highest BCUT2D eigenvalue weighted by atomic mass is 16.5. The van der Waals surface area contributed by atoms with Crippen LogP contribution in [0.5, 0.6) is 0 Å². The first-order chi connectivity index (χ1) is 12.1. The van der Waals surface area contributed by atoms with Gasteiger partial charge in [0.15, 0.2) is 0 Å². The predicted molar refractivity (Wildman–Crippen MR) is 89.9 cm³/mol. The van der Waals surface area contributed by atoms with Gasteiger partial charge in [-0.2, -0.15) is 4.80 Å². The van der Waals surface area contributed by atoms with E-state index >= 15 is 0 Å². The molecule has 0 saturated carbocycles. The van der Waals surface area contributed by atoms with Crippen LogP contribution in [-0.2, 0) is 11.8 Å². The number of para-hydroxylation sites is 1. The van der Waals surface area contributed by atoms with Gasteiger partial charge in [0.25, 0.3) is 5.91 Å². The number of amides is 1. The second-order valence-electron chi connectivity index (χ2n) is 6.08. The fourth-order valence-corrected chi connectivity index (χ4v) is 3.07. The van der Waals surface area contributed by atoms with E-state index < -0.39 is 0 Å². The fourth-order valence-electron chi connectivity index (χ4n) is 3.07. The van der Waals surface area contributed by atoms with Crippen molar-refractivity contribution in [2.75, 3.05) is 19.7 Å². The first kappa shape index (κ1) is 15.6. The smallest absolute Gasteiger partial charge is 0.254 e. The topological polar surface area (TPSA) is 86.0 Å². The Bertz CT molecular complexity index is 938. The average Bonchev–Trinajstić information content (AvgIpc) is 3.07. The number of pyridine rings is 1. The molecule has 0 bridgehead atoms. The van der Waals surface area contributed by atoms with Crippen molar-refractivity contribution in [1.29, 1.82) is 0 Å². The Hall–Kier alpha value is -2.87. The quantitative estimate of drug-likeness (QED) is 0.700. The number of aryl methyl sites for hydroxylation is 2. The number of rotatable bonds is 2. The molecule has 4 rings (SSSR count). The number of fused-ring (bicyclic) bond motifs is 1. The third-order valence-corrected chi connectivity index (χ3v) is 4.24. The molecule has 3 heterocycles. The van der Waals surface area contributed by atoms with Gasteiger partial charge < -0.3 is 9.64 Å². The number of hydrogen-bond acceptors (Lipinski definition) is 6. The van der Waals surface area contributed by atoms with Crippen molar-refractivity contribution in [2.45, 2.75) is 13.0 Å². The Morgan fingerprint density at radius 2 is 2.16 bits per heavy atom. The molecule has 1 aliphatic rings. The summed E-state index contributed by atoms with van der Waals surface area (Å²) in [5.41, 5.74) is 2.31. The summed E-state index contributed by atoms with van der Waals surface area (Å²) < 4.78 is 5.72. The number of hydrogen-bond donors (Lipinski definition) is 0. The lowest BCUT2D eigenvalue weighted by Gasteiger charge is -2.31. The molecule has 3 aromatic rings. The van der Waals surface area contributed by atoms with E-state index in [4.69, 9.17) is 4.74 Å². The predicted octanol–water partition coefficient (Wildman–Crippen LogP) is 1.28. The van der Waals surface area contributed by atoms with Crippen molar-refractivity contribution < 1.29 is 9.53 Å². The number of carbonyl (C=O) groups is 1. The molecule has 1 unspecified atom stereocenters. The summed E-state index contributed by atoms with van der Waals surface area (Å²) in [5, 5.41) is 12.9. The summed E-state index contributed by atoms with van der Waals surface area (Å²) in [4.78, 5) is 20.8. The number of benzene rings is 1. The van der Waals surface area contributed by atoms with Crippen LogP contribution in [-0.4, -0.2) is 55.7 Å². The minimum absolute atomic E-state index is 0.0288. The summed E-state index contributed by atoms with van der Waals surface area (Å²) in [6.45, 7) is 3.27. The maximum absolute atomic E-state index is 13.1. The summed E-state index contributed by atoms with van der Waals surface area (Å²) in [5.74, 6) is 0.467. The lowest BCUT2D eigenvalue weighted by Crippen LogP contribution is -2.42. The van der Waals surface area contributed by atoms with Gasteiger partial charge in [-0.15, -0.1) is 10.2 Å².